The first-order valence-corrected chi connectivity index (χ1v) is 3.70. The van der Waals surface area contributed by atoms with Crippen LogP contribution in [0.15, 0.2) is 6.20 Å². The van der Waals surface area contributed by atoms with E-state index in [4.69, 9.17) is 5.73 Å². The van der Waals surface area contributed by atoms with Crippen LogP contribution >= 0.6 is 0 Å². The van der Waals surface area contributed by atoms with Crippen molar-refractivity contribution in [3.8, 4) is 0 Å². The smallest absolute Gasteiger partial charge is 0.145 e. The van der Waals surface area contributed by atoms with E-state index in [0.717, 1.165) is 11.4 Å². The third-order valence-corrected chi connectivity index (χ3v) is 1.50. The van der Waals surface area contributed by atoms with Crippen molar-refractivity contribution in [1.29, 1.82) is 0 Å². The summed E-state index contributed by atoms with van der Waals surface area (Å²) in [7, 11) is 0. The third kappa shape index (κ3) is 1.67. The summed E-state index contributed by atoms with van der Waals surface area (Å²) in [5.41, 5.74) is 7.40. The van der Waals surface area contributed by atoms with Crippen LogP contribution in [-0.4, -0.2) is 9.97 Å². The highest BCUT2D eigenvalue weighted by molar-refractivity contribution is 5.36. The number of nitrogens with two attached hydrogens (primary N) is 1. The molecule has 0 atom stereocenters. The minimum absolute atomic E-state index is 0.350. The molecule has 1 heterocycles. The van der Waals surface area contributed by atoms with Crippen molar-refractivity contribution in [3.63, 3.8) is 0 Å². The van der Waals surface area contributed by atoms with Crippen LogP contribution in [0.3, 0.4) is 0 Å². The average Bonchev–Trinajstić information content (AvgIpc) is 1.85. The molecular weight excluding hydrogens is 138 g/mol. The lowest BCUT2D eigenvalue weighted by Gasteiger charge is -2.06. The van der Waals surface area contributed by atoms with Crippen LogP contribution in [0.5, 0.6) is 0 Å². The molecule has 0 aliphatic carbocycles. The van der Waals surface area contributed by atoms with E-state index in [1.165, 1.54) is 0 Å². The fraction of sp³-hybridized carbons (Fsp3) is 0.500. The summed E-state index contributed by atoms with van der Waals surface area (Å²) >= 11 is 0. The molecule has 0 bridgehead atoms. The summed E-state index contributed by atoms with van der Waals surface area (Å²) in [6.45, 7) is 5.98. The van der Waals surface area contributed by atoms with Crippen molar-refractivity contribution >= 4 is 5.82 Å². The lowest BCUT2D eigenvalue weighted by atomic mass is 10.1. The number of hydrogen-bond donors (Lipinski definition) is 1. The summed E-state index contributed by atoms with van der Waals surface area (Å²) in [6, 6.07) is 0. The summed E-state index contributed by atoms with van der Waals surface area (Å²) in [6.07, 6.45) is 1.74. The molecule has 0 fully saturated rings. The number of aryl methyl sites for hydroxylation is 1. The molecule has 1 aromatic heterocycles. The van der Waals surface area contributed by atoms with E-state index >= 15 is 0 Å². The number of anilines is 1. The Labute approximate surface area is 66.7 Å². The first-order chi connectivity index (χ1) is 5.11. The summed E-state index contributed by atoms with van der Waals surface area (Å²) < 4.78 is 0. The fourth-order valence-corrected chi connectivity index (χ4v) is 0.950. The summed E-state index contributed by atoms with van der Waals surface area (Å²) in [5, 5.41) is 0. The van der Waals surface area contributed by atoms with E-state index in [1.54, 1.807) is 6.20 Å². The molecule has 0 unspecified atom stereocenters. The molecule has 0 saturated carbocycles. The largest absolute Gasteiger partial charge is 0.382 e. The number of hydrogen-bond acceptors (Lipinski definition) is 3. The molecule has 1 aromatic rings. The highest BCUT2D eigenvalue weighted by Gasteiger charge is 2.05. The molecule has 0 spiro atoms. The van der Waals surface area contributed by atoms with Gasteiger partial charge in [-0.1, -0.05) is 13.8 Å². The molecule has 0 amide bonds. The van der Waals surface area contributed by atoms with Crippen molar-refractivity contribution < 1.29 is 0 Å². The lowest BCUT2D eigenvalue weighted by molar-refractivity contribution is 0.813. The van der Waals surface area contributed by atoms with Gasteiger partial charge in [0.1, 0.15) is 5.82 Å². The van der Waals surface area contributed by atoms with Crippen molar-refractivity contribution in [3.05, 3.63) is 17.6 Å². The van der Waals surface area contributed by atoms with Crippen molar-refractivity contribution in [1.82, 2.24) is 9.97 Å². The van der Waals surface area contributed by atoms with Gasteiger partial charge in [-0.2, -0.15) is 0 Å². The summed E-state index contributed by atoms with van der Waals surface area (Å²) in [4.78, 5) is 8.30. The Kier molecular flexibility index (Phi) is 2.08. The SMILES string of the molecule is Cc1cnc(C(C)C)c(N)n1. The standard InChI is InChI=1S/C8H13N3/c1-5(2)7-8(9)11-6(3)4-10-7/h4-5H,1-3H3,(H2,9,11). The number of nitrogens with zero attached hydrogens (tertiary/aromatic N) is 2. The van der Waals surface area contributed by atoms with Gasteiger partial charge in [0, 0.05) is 6.20 Å². The minimum Gasteiger partial charge on any atom is -0.382 e. The number of nitrogen functional groups attached to an aromatic ring is 1. The van der Waals surface area contributed by atoms with E-state index in [9.17, 15) is 0 Å². The van der Waals surface area contributed by atoms with Crippen LogP contribution < -0.4 is 5.73 Å². The van der Waals surface area contributed by atoms with E-state index in [1.807, 2.05) is 6.92 Å². The minimum atomic E-state index is 0.350. The molecule has 11 heavy (non-hydrogen) atoms. The zero-order valence-electron chi connectivity index (χ0n) is 7.13. The normalized spacial score (nSPS) is 10.5. The van der Waals surface area contributed by atoms with Crippen molar-refractivity contribution in [2.75, 3.05) is 5.73 Å². The monoisotopic (exact) mass is 151 g/mol. The molecule has 0 aliphatic heterocycles. The van der Waals surface area contributed by atoms with Gasteiger partial charge < -0.3 is 5.73 Å². The van der Waals surface area contributed by atoms with Gasteiger partial charge >= 0.3 is 0 Å². The maximum Gasteiger partial charge on any atom is 0.145 e. The number of aromatic nitrogens is 2. The Morgan fingerprint density at radius 2 is 2.09 bits per heavy atom. The number of rotatable bonds is 1. The van der Waals surface area contributed by atoms with Crippen LogP contribution in [0.4, 0.5) is 5.82 Å². The zero-order chi connectivity index (χ0) is 8.43. The molecule has 2 N–H and O–H groups in total. The quantitative estimate of drug-likeness (QED) is 0.661. The van der Waals surface area contributed by atoms with Crippen LogP contribution in [-0.2, 0) is 0 Å². The average molecular weight is 151 g/mol. The van der Waals surface area contributed by atoms with Gasteiger partial charge in [-0.05, 0) is 12.8 Å². The van der Waals surface area contributed by atoms with Gasteiger partial charge in [-0.3, -0.25) is 4.98 Å². The van der Waals surface area contributed by atoms with Crippen LogP contribution in [0.2, 0.25) is 0 Å². The second kappa shape index (κ2) is 2.86. The molecule has 3 heteroatoms. The third-order valence-electron chi connectivity index (χ3n) is 1.50. The van der Waals surface area contributed by atoms with E-state index < -0.39 is 0 Å². The predicted octanol–water partition coefficient (Wildman–Crippen LogP) is 1.49. The van der Waals surface area contributed by atoms with Crippen molar-refractivity contribution in [2.24, 2.45) is 0 Å². The molecule has 3 nitrogen and oxygen atoms in total. The zero-order valence-corrected chi connectivity index (χ0v) is 7.13. The second-order valence-corrected chi connectivity index (χ2v) is 2.94. The molecule has 1 rings (SSSR count). The van der Waals surface area contributed by atoms with E-state index in [-0.39, 0.29) is 0 Å². The first kappa shape index (κ1) is 7.98. The first-order valence-electron chi connectivity index (χ1n) is 3.70. The Bertz CT molecular complexity index is 256. The summed E-state index contributed by atoms with van der Waals surface area (Å²) in [5.74, 6) is 0.906. The predicted molar refractivity (Wildman–Crippen MR) is 45.3 cm³/mol. The molecular formula is C8H13N3. The van der Waals surface area contributed by atoms with Crippen LogP contribution in [0, 0.1) is 6.92 Å². The van der Waals surface area contributed by atoms with Crippen LogP contribution in [0.1, 0.15) is 31.2 Å². The molecule has 0 saturated heterocycles. The van der Waals surface area contributed by atoms with Crippen molar-refractivity contribution in [2.45, 2.75) is 26.7 Å². The van der Waals surface area contributed by atoms with Gasteiger partial charge in [0.2, 0.25) is 0 Å². The van der Waals surface area contributed by atoms with E-state index in [2.05, 4.69) is 23.8 Å². The topological polar surface area (TPSA) is 51.8 Å². The van der Waals surface area contributed by atoms with Gasteiger partial charge in [0.25, 0.3) is 0 Å². The van der Waals surface area contributed by atoms with E-state index in [0.29, 0.717) is 11.7 Å². The highest BCUT2D eigenvalue weighted by atomic mass is 14.9. The van der Waals surface area contributed by atoms with Gasteiger partial charge in [0.15, 0.2) is 0 Å². The highest BCUT2D eigenvalue weighted by Crippen LogP contribution is 2.16. The van der Waals surface area contributed by atoms with Gasteiger partial charge in [-0.15, -0.1) is 0 Å². The Morgan fingerprint density at radius 3 is 2.55 bits per heavy atom. The molecule has 0 radical (unpaired) electrons. The van der Waals surface area contributed by atoms with Gasteiger partial charge in [-0.25, -0.2) is 4.98 Å². The van der Waals surface area contributed by atoms with Crippen LogP contribution in [0.25, 0.3) is 0 Å². The lowest BCUT2D eigenvalue weighted by Crippen LogP contribution is -2.03. The Balaban J connectivity index is 3.09. The molecule has 0 aromatic carbocycles. The van der Waals surface area contributed by atoms with Gasteiger partial charge in [0.05, 0.1) is 11.4 Å². The maximum absolute atomic E-state index is 5.65. The Hall–Kier alpha value is -1.12. The second-order valence-electron chi connectivity index (χ2n) is 2.94. The molecule has 0 aliphatic rings. The molecule has 60 valence electrons. The maximum atomic E-state index is 5.65. The fourth-order valence-electron chi connectivity index (χ4n) is 0.950. The Morgan fingerprint density at radius 1 is 1.45 bits per heavy atom.